The lowest BCUT2D eigenvalue weighted by atomic mass is 10.1. The van der Waals surface area contributed by atoms with Crippen molar-refractivity contribution in [2.75, 3.05) is 18.0 Å². The molecule has 1 N–H and O–H groups in total. The first kappa shape index (κ1) is 13.4. The van der Waals surface area contributed by atoms with Crippen molar-refractivity contribution in [3.63, 3.8) is 0 Å². The van der Waals surface area contributed by atoms with Crippen LogP contribution in [-0.2, 0) is 0 Å². The smallest absolute Gasteiger partial charge is 0.0506 e. The van der Waals surface area contributed by atoms with Crippen LogP contribution < -0.4 is 10.2 Å². The van der Waals surface area contributed by atoms with Crippen molar-refractivity contribution in [1.29, 1.82) is 0 Å². The van der Waals surface area contributed by atoms with E-state index in [0.29, 0.717) is 12.1 Å². The molecule has 0 aliphatic carbocycles. The maximum absolute atomic E-state index is 6.01. The van der Waals surface area contributed by atoms with Crippen LogP contribution in [0.1, 0.15) is 20.3 Å². The average molecular weight is 365 g/mol. The summed E-state index contributed by atoms with van der Waals surface area (Å²) in [6.07, 6.45) is 1.17. The average Bonchev–Trinajstić information content (AvgIpc) is 2.30. The van der Waals surface area contributed by atoms with E-state index in [1.165, 1.54) is 15.7 Å². The van der Waals surface area contributed by atoms with Gasteiger partial charge in [0, 0.05) is 33.8 Å². The quantitative estimate of drug-likeness (QED) is 0.808. The number of halogens is 2. The maximum atomic E-state index is 6.01. The Balaban J connectivity index is 2.24. The predicted octanol–water partition coefficient (Wildman–Crippen LogP) is 3.52. The highest BCUT2D eigenvalue weighted by Crippen LogP contribution is 2.28. The second kappa shape index (κ2) is 5.76. The van der Waals surface area contributed by atoms with E-state index >= 15 is 0 Å². The molecule has 1 aliphatic rings. The fraction of sp³-hybridized carbons (Fsp3) is 0.538. The molecule has 94 valence electrons. The van der Waals surface area contributed by atoms with Crippen molar-refractivity contribution in [2.24, 2.45) is 0 Å². The first-order valence-electron chi connectivity index (χ1n) is 6.07. The zero-order valence-electron chi connectivity index (χ0n) is 10.2. The first-order chi connectivity index (χ1) is 8.11. The molecule has 2 rings (SSSR count). The van der Waals surface area contributed by atoms with Gasteiger partial charge in [0.1, 0.15) is 0 Å². The van der Waals surface area contributed by atoms with Crippen molar-refractivity contribution in [1.82, 2.24) is 5.32 Å². The highest BCUT2D eigenvalue weighted by Gasteiger charge is 2.25. The summed E-state index contributed by atoms with van der Waals surface area (Å²) >= 11 is 8.38. The van der Waals surface area contributed by atoms with Crippen LogP contribution in [-0.4, -0.2) is 25.2 Å². The van der Waals surface area contributed by atoms with Crippen LogP contribution in [0, 0.1) is 3.57 Å². The molecule has 0 aromatic heterocycles. The minimum Gasteiger partial charge on any atom is -0.365 e. The van der Waals surface area contributed by atoms with E-state index in [9.17, 15) is 0 Å². The van der Waals surface area contributed by atoms with Crippen LogP contribution in [0.2, 0.25) is 5.02 Å². The molecule has 17 heavy (non-hydrogen) atoms. The highest BCUT2D eigenvalue weighted by molar-refractivity contribution is 14.1. The molecular weight excluding hydrogens is 347 g/mol. The van der Waals surface area contributed by atoms with E-state index in [0.717, 1.165) is 18.1 Å². The highest BCUT2D eigenvalue weighted by atomic mass is 127. The predicted molar refractivity (Wildman–Crippen MR) is 83.1 cm³/mol. The van der Waals surface area contributed by atoms with Gasteiger partial charge in [-0.1, -0.05) is 18.5 Å². The van der Waals surface area contributed by atoms with Gasteiger partial charge in [0.15, 0.2) is 0 Å². The normalized spacial score (nSPS) is 25.1. The van der Waals surface area contributed by atoms with E-state index < -0.39 is 0 Å². The Morgan fingerprint density at radius 1 is 1.53 bits per heavy atom. The molecule has 2 atom stereocenters. The molecule has 2 unspecified atom stereocenters. The number of hydrogen-bond donors (Lipinski definition) is 1. The van der Waals surface area contributed by atoms with Gasteiger partial charge in [-0.25, -0.2) is 0 Å². The Morgan fingerprint density at radius 3 is 2.94 bits per heavy atom. The molecule has 0 saturated carbocycles. The van der Waals surface area contributed by atoms with E-state index in [1.54, 1.807) is 0 Å². The molecule has 0 spiro atoms. The van der Waals surface area contributed by atoms with E-state index in [2.05, 4.69) is 52.7 Å². The molecule has 1 fully saturated rings. The SMILES string of the molecule is CCC1CN(c2ccc(Cl)cc2I)C(C)CN1. The third kappa shape index (κ3) is 3.06. The Morgan fingerprint density at radius 2 is 2.29 bits per heavy atom. The van der Waals surface area contributed by atoms with Crippen LogP contribution in [0.15, 0.2) is 18.2 Å². The zero-order valence-corrected chi connectivity index (χ0v) is 13.1. The monoisotopic (exact) mass is 364 g/mol. The molecule has 1 aliphatic heterocycles. The molecule has 1 aromatic carbocycles. The molecule has 1 aromatic rings. The molecule has 1 heterocycles. The number of nitrogens with zero attached hydrogens (tertiary/aromatic N) is 1. The Hall–Kier alpha value is -0.0000000000000000763. The van der Waals surface area contributed by atoms with Crippen molar-refractivity contribution >= 4 is 39.9 Å². The first-order valence-corrected chi connectivity index (χ1v) is 7.52. The topological polar surface area (TPSA) is 15.3 Å². The fourth-order valence-corrected chi connectivity index (χ4v) is 3.43. The lowest BCUT2D eigenvalue weighted by Crippen LogP contribution is -2.55. The summed E-state index contributed by atoms with van der Waals surface area (Å²) < 4.78 is 1.23. The Bertz CT molecular complexity index is 397. The molecular formula is C13H18ClIN2. The molecule has 0 radical (unpaired) electrons. The number of nitrogens with one attached hydrogen (secondary N) is 1. The van der Waals surface area contributed by atoms with Gasteiger partial charge < -0.3 is 10.2 Å². The van der Waals surface area contributed by atoms with Crippen molar-refractivity contribution in [2.45, 2.75) is 32.4 Å². The van der Waals surface area contributed by atoms with Crippen LogP contribution in [0.3, 0.4) is 0 Å². The Kier molecular flexibility index (Phi) is 4.55. The van der Waals surface area contributed by atoms with Crippen LogP contribution >= 0.6 is 34.2 Å². The summed E-state index contributed by atoms with van der Waals surface area (Å²) in [4.78, 5) is 2.49. The second-order valence-electron chi connectivity index (χ2n) is 4.61. The van der Waals surface area contributed by atoms with Gasteiger partial charge in [0.05, 0.1) is 5.69 Å². The van der Waals surface area contributed by atoms with Gasteiger partial charge in [0.25, 0.3) is 0 Å². The summed E-state index contributed by atoms with van der Waals surface area (Å²) in [5.74, 6) is 0. The van der Waals surface area contributed by atoms with Crippen LogP contribution in [0.4, 0.5) is 5.69 Å². The third-order valence-corrected chi connectivity index (χ3v) is 4.46. The molecule has 1 saturated heterocycles. The third-order valence-electron chi connectivity index (χ3n) is 3.36. The van der Waals surface area contributed by atoms with Gasteiger partial charge in [-0.15, -0.1) is 0 Å². The summed E-state index contributed by atoms with van der Waals surface area (Å²) in [5.41, 5.74) is 1.31. The lowest BCUT2D eigenvalue weighted by molar-refractivity contribution is 0.397. The minimum absolute atomic E-state index is 0.535. The van der Waals surface area contributed by atoms with Gasteiger partial charge in [-0.3, -0.25) is 0 Å². The molecule has 2 nitrogen and oxygen atoms in total. The molecule has 0 bridgehead atoms. The Labute approximate surface area is 122 Å². The van der Waals surface area contributed by atoms with Gasteiger partial charge in [-0.05, 0) is 54.1 Å². The number of piperazine rings is 1. The molecule has 4 heteroatoms. The van der Waals surface area contributed by atoms with Gasteiger partial charge in [-0.2, -0.15) is 0 Å². The number of anilines is 1. The van der Waals surface area contributed by atoms with Crippen LogP contribution in [0.5, 0.6) is 0 Å². The van der Waals surface area contributed by atoms with E-state index in [1.807, 2.05) is 12.1 Å². The number of rotatable bonds is 2. The largest absolute Gasteiger partial charge is 0.365 e. The van der Waals surface area contributed by atoms with E-state index in [-0.39, 0.29) is 0 Å². The maximum Gasteiger partial charge on any atom is 0.0506 e. The summed E-state index contributed by atoms with van der Waals surface area (Å²) in [6, 6.07) is 7.28. The fourth-order valence-electron chi connectivity index (χ4n) is 2.25. The number of hydrogen-bond acceptors (Lipinski definition) is 2. The minimum atomic E-state index is 0.535. The van der Waals surface area contributed by atoms with Gasteiger partial charge >= 0.3 is 0 Å². The van der Waals surface area contributed by atoms with Crippen molar-refractivity contribution in [3.05, 3.63) is 26.8 Å². The van der Waals surface area contributed by atoms with E-state index in [4.69, 9.17) is 11.6 Å². The second-order valence-corrected chi connectivity index (χ2v) is 6.21. The number of benzene rings is 1. The summed E-state index contributed by atoms with van der Waals surface area (Å²) in [7, 11) is 0. The summed E-state index contributed by atoms with van der Waals surface area (Å²) in [5, 5.41) is 4.39. The van der Waals surface area contributed by atoms with Crippen molar-refractivity contribution < 1.29 is 0 Å². The van der Waals surface area contributed by atoms with Crippen molar-refractivity contribution in [3.8, 4) is 0 Å². The van der Waals surface area contributed by atoms with Crippen LogP contribution in [0.25, 0.3) is 0 Å². The summed E-state index contributed by atoms with van der Waals surface area (Å²) in [6.45, 7) is 6.63. The van der Waals surface area contributed by atoms with Gasteiger partial charge in [0.2, 0.25) is 0 Å². The molecule has 0 amide bonds. The lowest BCUT2D eigenvalue weighted by Gasteiger charge is -2.40. The standard InChI is InChI=1S/C13H18ClIN2/c1-3-11-8-17(9(2)7-16-11)13-5-4-10(14)6-12(13)15/h4-6,9,11,16H,3,7-8H2,1-2H3. The zero-order chi connectivity index (χ0) is 12.4.